The first kappa shape index (κ1) is 15.9. The lowest BCUT2D eigenvalue weighted by atomic mass is 10.2. The summed E-state index contributed by atoms with van der Waals surface area (Å²) in [5.74, 6) is 0.0764. The van der Waals surface area contributed by atoms with Crippen molar-refractivity contribution in [3.8, 4) is 11.5 Å². The summed E-state index contributed by atoms with van der Waals surface area (Å²) in [4.78, 5) is 13.8. The fourth-order valence-electron chi connectivity index (χ4n) is 2.26. The van der Waals surface area contributed by atoms with E-state index in [1.807, 2.05) is 0 Å². The van der Waals surface area contributed by atoms with Gasteiger partial charge in [0.2, 0.25) is 0 Å². The number of anilines is 1. The van der Waals surface area contributed by atoms with Crippen LogP contribution in [0.4, 0.5) is 10.1 Å². The number of nitrogens with zero attached hydrogens (tertiary/aromatic N) is 1. The van der Waals surface area contributed by atoms with Crippen LogP contribution in [0, 0.1) is 5.82 Å². The zero-order valence-corrected chi connectivity index (χ0v) is 13.4. The van der Waals surface area contributed by atoms with Crippen LogP contribution in [0.25, 0.3) is 0 Å². The molecule has 1 heterocycles. The third-order valence-electron chi connectivity index (χ3n) is 3.33. The number of hydrogen-bond acceptors (Lipinski definition) is 3. The van der Waals surface area contributed by atoms with Crippen LogP contribution in [-0.4, -0.2) is 25.7 Å². The molecule has 0 aromatic heterocycles. The molecule has 0 bridgehead atoms. The summed E-state index contributed by atoms with van der Waals surface area (Å²) in [7, 11) is 0. The molecule has 0 atom stereocenters. The lowest BCUT2D eigenvalue weighted by molar-refractivity contribution is -0.120. The number of rotatable bonds is 3. The van der Waals surface area contributed by atoms with Crippen molar-refractivity contribution in [1.82, 2.24) is 0 Å². The third kappa shape index (κ3) is 3.51. The van der Waals surface area contributed by atoms with Gasteiger partial charge in [-0.15, -0.1) is 0 Å². The lowest BCUT2D eigenvalue weighted by Crippen LogP contribution is -2.40. The van der Waals surface area contributed by atoms with Crippen LogP contribution in [0.5, 0.6) is 11.5 Å². The number of hydrogen-bond donors (Lipinski definition) is 0. The molecule has 0 saturated heterocycles. The number of benzene rings is 2. The van der Waals surface area contributed by atoms with E-state index in [0.717, 1.165) is 0 Å². The Morgan fingerprint density at radius 2 is 2.09 bits per heavy atom. The Kier molecular flexibility index (Phi) is 4.59. The first-order chi connectivity index (χ1) is 11.0. The number of halogens is 3. The van der Waals surface area contributed by atoms with Crippen molar-refractivity contribution in [2.24, 2.45) is 0 Å². The van der Waals surface area contributed by atoms with Crippen LogP contribution in [0.2, 0.25) is 10.0 Å². The summed E-state index contributed by atoms with van der Waals surface area (Å²) < 4.78 is 24.3. The van der Waals surface area contributed by atoms with Gasteiger partial charge in [0, 0.05) is 11.1 Å². The molecule has 0 fully saturated rings. The number of fused-ring (bicyclic) bond motifs is 1. The molecule has 0 N–H and O–H groups in total. The Balaban J connectivity index is 1.73. The minimum atomic E-state index is -0.436. The zero-order valence-electron chi connectivity index (χ0n) is 11.9. The van der Waals surface area contributed by atoms with Gasteiger partial charge in [-0.2, -0.15) is 0 Å². The van der Waals surface area contributed by atoms with E-state index in [-0.39, 0.29) is 12.5 Å². The fraction of sp³-hybridized carbons (Fsp3) is 0.188. The Bertz CT molecular complexity index is 754. The molecule has 3 rings (SSSR count). The Morgan fingerprint density at radius 1 is 1.26 bits per heavy atom. The average molecular weight is 356 g/mol. The van der Waals surface area contributed by atoms with Crippen molar-refractivity contribution in [3.05, 3.63) is 52.3 Å². The SMILES string of the molecule is O=C(COc1ccc(Cl)cc1Cl)N1CCOc2ccc(F)cc21. The van der Waals surface area contributed by atoms with Crippen molar-refractivity contribution in [3.63, 3.8) is 0 Å². The van der Waals surface area contributed by atoms with E-state index in [9.17, 15) is 9.18 Å². The topological polar surface area (TPSA) is 38.8 Å². The van der Waals surface area contributed by atoms with E-state index in [1.165, 1.54) is 29.2 Å². The maximum Gasteiger partial charge on any atom is 0.265 e. The predicted octanol–water partition coefficient (Wildman–Crippen LogP) is 3.94. The molecule has 0 unspecified atom stereocenters. The average Bonchev–Trinajstić information content (AvgIpc) is 2.53. The van der Waals surface area contributed by atoms with Crippen LogP contribution < -0.4 is 14.4 Å². The summed E-state index contributed by atoms with van der Waals surface area (Å²) in [6.07, 6.45) is 0. The molecule has 0 aliphatic carbocycles. The van der Waals surface area contributed by atoms with Crippen LogP contribution in [-0.2, 0) is 4.79 Å². The monoisotopic (exact) mass is 355 g/mol. The van der Waals surface area contributed by atoms with E-state index >= 15 is 0 Å². The Labute approximate surface area is 142 Å². The van der Waals surface area contributed by atoms with E-state index in [0.29, 0.717) is 40.4 Å². The van der Waals surface area contributed by atoms with Crippen LogP contribution in [0.3, 0.4) is 0 Å². The Hall–Kier alpha value is -1.98. The maximum atomic E-state index is 13.4. The van der Waals surface area contributed by atoms with E-state index in [1.54, 1.807) is 12.1 Å². The smallest absolute Gasteiger partial charge is 0.265 e. The van der Waals surface area contributed by atoms with Crippen LogP contribution in [0.1, 0.15) is 0 Å². The summed E-state index contributed by atoms with van der Waals surface area (Å²) in [5, 5.41) is 0.796. The van der Waals surface area contributed by atoms with E-state index in [4.69, 9.17) is 32.7 Å². The molecular weight excluding hydrogens is 344 g/mol. The van der Waals surface area contributed by atoms with Gasteiger partial charge in [0.15, 0.2) is 6.61 Å². The molecule has 1 aliphatic rings. The van der Waals surface area contributed by atoms with Gasteiger partial charge < -0.3 is 14.4 Å². The number of amides is 1. The van der Waals surface area contributed by atoms with Crippen molar-refractivity contribution in [2.75, 3.05) is 24.7 Å². The third-order valence-corrected chi connectivity index (χ3v) is 3.86. The second-order valence-corrected chi connectivity index (χ2v) is 5.71. The van der Waals surface area contributed by atoms with Gasteiger partial charge in [0.25, 0.3) is 5.91 Å². The van der Waals surface area contributed by atoms with Gasteiger partial charge in [-0.3, -0.25) is 4.79 Å². The molecule has 0 spiro atoms. The van der Waals surface area contributed by atoms with Gasteiger partial charge in [-0.05, 0) is 30.3 Å². The second kappa shape index (κ2) is 6.64. The largest absolute Gasteiger partial charge is 0.490 e. The molecule has 2 aromatic rings. The highest BCUT2D eigenvalue weighted by molar-refractivity contribution is 6.35. The van der Waals surface area contributed by atoms with Crippen molar-refractivity contribution in [2.45, 2.75) is 0 Å². The highest BCUT2D eigenvalue weighted by Gasteiger charge is 2.24. The van der Waals surface area contributed by atoms with Gasteiger partial charge in [0.1, 0.15) is 23.9 Å². The number of ether oxygens (including phenoxy) is 2. The standard InChI is InChI=1S/C16H12Cl2FNO3/c17-10-1-3-14(12(18)7-10)23-9-16(21)20-5-6-22-15-4-2-11(19)8-13(15)20/h1-4,7-8H,5-6,9H2. The normalized spacial score (nSPS) is 13.3. The summed E-state index contributed by atoms with van der Waals surface area (Å²) in [6, 6.07) is 8.79. The molecule has 2 aromatic carbocycles. The zero-order chi connectivity index (χ0) is 16.4. The summed E-state index contributed by atoms with van der Waals surface area (Å²) in [6.45, 7) is 0.441. The quantitative estimate of drug-likeness (QED) is 0.836. The fourth-order valence-corrected chi connectivity index (χ4v) is 2.72. The molecule has 7 heteroatoms. The first-order valence-corrected chi connectivity index (χ1v) is 7.61. The molecule has 0 saturated carbocycles. The molecule has 1 amide bonds. The number of carbonyl (C=O) groups is 1. The van der Waals surface area contributed by atoms with Crippen molar-refractivity contribution < 1.29 is 18.7 Å². The predicted molar refractivity (Wildman–Crippen MR) is 86.2 cm³/mol. The summed E-state index contributed by atoms with van der Waals surface area (Å²) in [5.41, 5.74) is 0.395. The van der Waals surface area contributed by atoms with E-state index < -0.39 is 5.82 Å². The summed E-state index contributed by atoms with van der Waals surface area (Å²) >= 11 is 11.8. The molecule has 0 radical (unpaired) electrons. The van der Waals surface area contributed by atoms with E-state index in [2.05, 4.69) is 0 Å². The molecular formula is C16H12Cl2FNO3. The highest BCUT2D eigenvalue weighted by Crippen LogP contribution is 2.32. The molecule has 23 heavy (non-hydrogen) atoms. The lowest BCUT2D eigenvalue weighted by Gasteiger charge is -2.29. The molecule has 120 valence electrons. The molecule has 4 nitrogen and oxygen atoms in total. The minimum Gasteiger partial charge on any atom is -0.490 e. The van der Waals surface area contributed by atoms with Gasteiger partial charge in [-0.1, -0.05) is 23.2 Å². The second-order valence-electron chi connectivity index (χ2n) is 4.87. The molecule has 1 aliphatic heterocycles. The van der Waals surface area contributed by atoms with Gasteiger partial charge in [-0.25, -0.2) is 4.39 Å². The van der Waals surface area contributed by atoms with Crippen molar-refractivity contribution in [1.29, 1.82) is 0 Å². The Morgan fingerprint density at radius 3 is 2.87 bits per heavy atom. The van der Waals surface area contributed by atoms with Crippen LogP contribution >= 0.6 is 23.2 Å². The minimum absolute atomic E-state index is 0.225. The first-order valence-electron chi connectivity index (χ1n) is 6.85. The van der Waals surface area contributed by atoms with Crippen LogP contribution in [0.15, 0.2) is 36.4 Å². The maximum absolute atomic E-state index is 13.4. The van der Waals surface area contributed by atoms with Gasteiger partial charge >= 0.3 is 0 Å². The van der Waals surface area contributed by atoms with Crippen molar-refractivity contribution >= 4 is 34.8 Å². The number of carbonyl (C=O) groups excluding carboxylic acids is 1. The van der Waals surface area contributed by atoms with Gasteiger partial charge in [0.05, 0.1) is 17.3 Å². The highest BCUT2D eigenvalue weighted by atomic mass is 35.5.